The van der Waals surface area contributed by atoms with Crippen LogP contribution in [0.25, 0.3) is 0 Å². The summed E-state index contributed by atoms with van der Waals surface area (Å²) in [6.45, 7) is 7.75. The maximum atomic E-state index is 12.6. The average Bonchev–Trinajstić information content (AvgIpc) is 3.11. The van der Waals surface area contributed by atoms with Crippen LogP contribution in [0.4, 0.5) is 0 Å². The highest BCUT2D eigenvalue weighted by molar-refractivity contribution is 5.70. The van der Waals surface area contributed by atoms with Crippen LogP contribution in [0.5, 0.6) is 0 Å². The van der Waals surface area contributed by atoms with Crippen molar-refractivity contribution in [2.24, 2.45) is 0 Å². The van der Waals surface area contributed by atoms with Gasteiger partial charge in [-0.1, -0.05) is 193 Å². The first-order chi connectivity index (χ1) is 24.6. The molecule has 5 nitrogen and oxygen atoms in total. The number of esters is 2. The van der Waals surface area contributed by atoms with Gasteiger partial charge < -0.3 is 14.2 Å². The van der Waals surface area contributed by atoms with Crippen molar-refractivity contribution in [3.8, 4) is 0 Å². The summed E-state index contributed by atoms with van der Waals surface area (Å²) in [7, 11) is 0. The Hall–Kier alpha value is -1.62. The summed E-state index contributed by atoms with van der Waals surface area (Å²) < 4.78 is 17.3. The third kappa shape index (κ3) is 39.2. The van der Waals surface area contributed by atoms with Crippen molar-refractivity contribution < 1.29 is 23.8 Å². The summed E-state index contributed by atoms with van der Waals surface area (Å²) >= 11 is 0. The van der Waals surface area contributed by atoms with Crippen LogP contribution in [0, 0.1) is 0 Å². The standard InChI is InChI=1S/C45H84O5/c1-4-7-10-13-16-19-21-23-24-27-29-32-35-38-44(46)49-42-43(50-45(47)39-36-33-30-26-18-15-12-9-6-3)41-48-40-37-34-31-28-25-22-20-17-14-11-8-5-2/h10,13,19,21,43H,4-9,11-12,14-18,20,22-42H2,1-3H3/b13-10-,21-19-. The van der Waals surface area contributed by atoms with Gasteiger partial charge in [-0.3, -0.25) is 9.59 Å². The summed E-state index contributed by atoms with van der Waals surface area (Å²) in [4.78, 5) is 25.1. The lowest BCUT2D eigenvalue weighted by Crippen LogP contribution is -2.30. The second-order valence-corrected chi connectivity index (χ2v) is 14.6. The summed E-state index contributed by atoms with van der Waals surface area (Å²) in [5, 5.41) is 0. The van der Waals surface area contributed by atoms with Gasteiger partial charge in [0.05, 0.1) is 6.61 Å². The van der Waals surface area contributed by atoms with Gasteiger partial charge in [-0.25, -0.2) is 0 Å². The zero-order valence-corrected chi connectivity index (χ0v) is 33.7. The first-order valence-corrected chi connectivity index (χ1v) is 21.9. The van der Waals surface area contributed by atoms with Gasteiger partial charge in [-0.05, 0) is 44.9 Å². The first kappa shape index (κ1) is 48.4. The molecule has 0 bridgehead atoms. The fourth-order valence-electron chi connectivity index (χ4n) is 6.19. The van der Waals surface area contributed by atoms with Gasteiger partial charge in [-0.2, -0.15) is 0 Å². The molecule has 0 aliphatic carbocycles. The molecule has 1 atom stereocenters. The zero-order valence-electron chi connectivity index (χ0n) is 33.7. The number of rotatable bonds is 40. The minimum absolute atomic E-state index is 0.0841. The fraction of sp³-hybridized carbons (Fsp3) is 0.867. The first-order valence-electron chi connectivity index (χ1n) is 21.9. The van der Waals surface area contributed by atoms with Crippen molar-refractivity contribution in [3.05, 3.63) is 24.3 Å². The van der Waals surface area contributed by atoms with E-state index in [-0.39, 0.29) is 25.2 Å². The van der Waals surface area contributed by atoms with E-state index in [0.717, 1.165) is 51.4 Å². The molecule has 294 valence electrons. The normalized spacial score (nSPS) is 12.3. The highest BCUT2D eigenvalue weighted by atomic mass is 16.6. The molecule has 5 heteroatoms. The molecule has 1 unspecified atom stereocenters. The lowest BCUT2D eigenvalue weighted by atomic mass is 10.1. The Morgan fingerprint density at radius 3 is 1.40 bits per heavy atom. The van der Waals surface area contributed by atoms with E-state index >= 15 is 0 Å². The van der Waals surface area contributed by atoms with Gasteiger partial charge in [-0.15, -0.1) is 0 Å². The number of allylic oxidation sites excluding steroid dienone is 4. The topological polar surface area (TPSA) is 61.8 Å². The molecule has 0 heterocycles. The molecule has 0 spiro atoms. The van der Waals surface area contributed by atoms with Crippen molar-refractivity contribution in [3.63, 3.8) is 0 Å². The predicted molar refractivity (Wildman–Crippen MR) is 215 cm³/mol. The van der Waals surface area contributed by atoms with E-state index in [1.165, 1.54) is 141 Å². The molecular formula is C45H84O5. The molecule has 0 amide bonds. The molecule has 0 rings (SSSR count). The molecule has 0 aromatic carbocycles. The Balaban J connectivity index is 4.22. The second kappa shape index (κ2) is 41.8. The van der Waals surface area contributed by atoms with Crippen molar-refractivity contribution in [2.75, 3.05) is 19.8 Å². The maximum Gasteiger partial charge on any atom is 0.306 e. The highest BCUT2D eigenvalue weighted by Gasteiger charge is 2.17. The predicted octanol–water partition coefficient (Wildman–Crippen LogP) is 14.1. The SMILES string of the molecule is CCC/C=C\C/C=C\CCCCCCCC(=O)OCC(COCCCCCCCCCCCCCC)OC(=O)CCCCCCCCCCC. The minimum atomic E-state index is -0.530. The third-order valence-corrected chi connectivity index (χ3v) is 9.47. The Labute approximate surface area is 311 Å². The number of hydrogen-bond acceptors (Lipinski definition) is 5. The summed E-state index contributed by atoms with van der Waals surface area (Å²) in [6.07, 6.45) is 46.0. The van der Waals surface area contributed by atoms with E-state index in [4.69, 9.17) is 14.2 Å². The van der Waals surface area contributed by atoms with Gasteiger partial charge in [0.15, 0.2) is 6.10 Å². The Kier molecular flexibility index (Phi) is 40.4. The second-order valence-electron chi connectivity index (χ2n) is 14.6. The van der Waals surface area contributed by atoms with Crippen LogP contribution in [-0.4, -0.2) is 37.9 Å². The van der Waals surface area contributed by atoms with Crippen LogP contribution >= 0.6 is 0 Å². The molecule has 0 aliphatic heterocycles. The minimum Gasteiger partial charge on any atom is -0.462 e. The van der Waals surface area contributed by atoms with Gasteiger partial charge >= 0.3 is 11.9 Å². The van der Waals surface area contributed by atoms with E-state index in [9.17, 15) is 9.59 Å². The Bertz CT molecular complexity index is 761. The van der Waals surface area contributed by atoms with Crippen LogP contribution in [0.2, 0.25) is 0 Å². The van der Waals surface area contributed by atoms with E-state index in [1.807, 2.05) is 0 Å². The Morgan fingerprint density at radius 1 is 0.440 bits per heavy atom. The van der Waals surface area contributed by atoms with Crippen LogP contribution < -0.4 is 0 Å². The summed E-state index contributed by atoms with van der Waals surface area (Å²) in [5.41, 5.74) is 0. The third-order valence-electron chi connectivity index (χ3n) is 9.47. The lowest BCUT2D eigenvalue weighted by Gasteiger charge is -2.18. The molecular weight excluding hydrogens is 620 g/mol. The molecule has 50 heavy (non-hydrogen) atoms. The molecule has 0 radical (unpaired) electrons. The average molecular weight is 705 g/mol. The van der Waals surface area contributed by atoms with E-state index < -0.39 is 6.10 Å². The number of hydrogen-bond donors (Lipinski definition) is 0. The molecule has 0 aliphatic rings. The molecule has 0 aromatic heterocycles. The zero-order chi connectivity index (χ0) is 36.4. The summed E-state index contributed by atoms with van der Waals surface area (Å²) in [5.74, 6) is -0.407. The van der Waals surface area contributed by atoms with Gasteiger partial charge in [0.1, 0.15) is 6.61 Å². The Morgan fingerprint density at radius 2 is 0.880 bits per heavy atom. The molecule has 0 saturated heterocycles. The van der Waals surface area contributed by atoms with Crippen LogP contribution in [-0.2, 0) is 23.8 Å². The largest absolute Gasteiger partial charge is 0.462 e. The van der Waals surface area contributed by atoms with Crippen molar-refractivity contribution in [1.82, 2.24) is 0 Å². The fourth-order valence-corrected chi connectivity index (χ4v) is 6.19. The smallest absolute Gasteiger partial charge is 0.306 e. The molecule has 0 saturated carbocycles. The quantitative estimate of drug-likeness (QED) is 0.0361. The lowest BCUT2D eigenvalue weighted by molar-refractivity contribution is -0.163. The van der Waals surface area contributed by atoms with Crippen molar-refractivity contribution >= 4 is 11.9 Å². The number of unbranched alkanes of at least 4 members (excludes halogenated alkanes) is 25. The monoisotopic (exact) mass is 705 g/mol. The van der Waals surface area contributed by atoms with Crippen LogP contribution in [0.1, 0.15) is 226 Å². The van der Waals surface area contributed by atoms with E-state index in [0.29, 0.717) is 19.4 Å². The van der Waals surface area contributed by atoms with E-state index in [1.54, 1.807) is 0 Å². The molecule has 0 N–H and O–H groups in total. The number of carbonyl (C=O) groups is 2. The van der Waals surface area contributed by atoms with Gasteiger partial charge in [0, 0.05) is 19.4 Å². The van der Waals surface area contributed by atoms with Crippen molar-refractivity contribution in [2.45, 2.75) is 232 Å². The maximum absolute atomic E-state index is 12.6. The molecule has 0 aromatic rings. The highest BCUT2D eigenvalue weighted by Crippen LogP contribution is 2.14. The van der Waals surface area contributed by atoms with Gasteiger partial charge in [0.2, 0.25) is 0 Å². The molecule has 0 fully saturated rings. The van der Waals surface area contributed by atoms with Gasteiger partial charge in [0.25, 0.3) is 0 Å². The van der Waals surface area contributed by atoms with Crippen LogP contribution in [0.3, 0.4) is 0 Å². The van der Waals surface area contributed by atoms with Crippen LogP contribution in [0.15, 0.2) is 24.3 Å². The number of ether oxygens (including phenoxy) is 3. The van der Waals surface area contributed by atoms with Crippen molar-refractivity contribution in [1.29, 1.82) is 0 Å². The summed E-state index contributed by atoms with van der Waals surface area (Å²) in [6, 6.07) is 0. The van der Waals surface area contributed by atoms with E-state index in [2.05, 4.69) is 45.1 Å². The number of carbonyl (C=O) groups excluding carboxylic acids is 2.